The Morgan fingerprint density at radius 2 is 1.67 bits per heavy atom. The summed E-state index contributed by atoms with van der Waals surface area (Å²) < 4.78 is 0. The predicted molar refractivity (Wildman–Crippen MR) is 110 cm³/mol. The van der Waals surface area contributed by atoms with Crippen LogP contribution in [0.25, 0.3) is 5.57 Å². The summed E-state index contributed by atoms with van der Waals surface area (Å²) in [4.78, 5) is 30.9. The van der Waals surface area contributed by atoms with Crippen LogP contribution >= 0.6 is 22.9 Å². The number of carbonyl (C=O) groups is 2. The van der Waals surface area contributed by atoms with Crippen molar-refractivity contribution in [1.29, 1.82) is 0 Å². The second kappa shape index (κ2) is 7.13. The zero-order valence-electron chi connectivity index (χ0n) is 15.3. The van der Waals surface area contributed by atoms with Gasteiger partial charge >= 0.3 is 0 Å². The number of benzene rings is 1. The van der Waals surface area contributed by atoms with Crippen molar-refractivity contribution < 1.29 is 9.59 Å². The summed E-state index contributed by atoms with van der Waals surface area (Å²) in [6, 6.07) is 10.7. The first kappa shape index (κ1) is 18.3. The molecule has 2 unspecified atom stereocenters. The lowest BCUT2D eigenvalue weighted by atomic mass is 9.91. The highest BCUT2D eigenvalue weighted by Gasteiger charge is 2.44. The number of piperidine rings is 1. The molecule has 2 amide bonds. The van der Waals surface area contributed by atoms with E-state index in [1.807, 2.05) is 17.5 Å². The minimum Gasteiger partial charge on any atom is -0.366 e. The van der Waals surface area contributed by atoms with Gasteiger partial charge < -0.3 is 4.90 Å². The number of hydrogen-bond donors (Lipinski definition) is 0. The summed E-state index contributed by atoms with van der Waals surface area (Å²) in [7, 11) is 0. The van der Waals surface area contributed by atoms with Gasteiger partial charge in [-0.2, -0.15) is 0 Å². The normalized spacial score (nSPS) is 23.5. The van der Waals surface area contributed by atoms with E-state index in [1.165, 1.54) is 16.2 Å². The van der Waals surface area contributed by atoms with E-state index < -0.39 is 0 Å². The minimum atomic E-state index is -0.259. The van der Waals surface area contributed by atoms with Crippen molar-refractivity contribution in [1.82, 2.24) is 4.90 Å². The largest absolute Gasteiger partial charge is 0.366 e. The van der Waals surface area contributed by atoms with Crippen LogP contribution in [0.2, 0.25) is 5.02 Å². The van der Waals surface area contributed by atoms with E-state index in [2.05, 4.69) is 18.7 Å². The predicted octanol–water partition coefficient (Wildman–Crippen LogP) is 4.66. The molecule has 3 heterocycles. The van der Waals surface area contributed by atoms with E-state index >= 15 is 0 Å². The van der Waals surface area contributed by atoms with E-state index in [9.17, 15) is 9.59 Å². The maximum Gasteiger partial charge on any atom is 0.282 e. The Kier molecular flexibility index (Phi) is 4.82. The van der Waals surface area contributed by atoms with Gasteiger partial charge in [0.2, 0.25) is 0 Å². The number of rotatable bonds is 3. The van der Waals surface area contributed by atoms with Crippen molar-refractivity contribution in [3.05, 3.63) is 57.4 Å². The fourth-order valence-electron chi connectivity index (χ4n) is 4.12. The Balaban J connectivity index is 1.80. The minimum absolute atomic E-state index is 0.243. The molecule has 140 valence electrons. The summed E-state index contributed by atoms with van der Waals surface area (Å²) >= 11 is 7.47. The molecule has 27 heavy (non-hydrogen) atoms. The monoisotopic (exact) mass is 400 g/mol. The zero-order chi connectivity index (χ0) is 19.1. The van der Waals surface area contributed by atoms with Gasteiger partial charge in [-0.3, -0.25) is 9.59 Å². The number of likely N-dealkylation sites (tertiary alicyclic amines) is 1. The molecule has 0 N–H and O–H groups in total. The Hall–Kier alpha value is -2.11. The molecule has 6 heteroatoms. The van der Waals surface area contributed by atoms with Crippen molar-refractivity contribution in [2.24, 2.45) is 11.8 Å². The third kappa shape index (κ3) is 3.30. The van der Waals surface area contributed by atoms with E-state index in [4.69, 9.17) is 11.6 Å². The van der Waals surface area contributed by atoms with Gasteiger partial charge in [-0.1, -0.05) is 31.5 Å². The van der Waals surface area contributed by atoms with Gasteiger partial charge in [-0.05, 0) is 54.0 Å². The molecular weight excluding hydrogens is 380 g/mol. The van der Waals surface area contributed by atoms with E-state index in [0.29, 0.717) is 33.8 Å². The number of carbonyl (C=O) groups excluding carboxylic acids is 2. The van der Waals surface area contributed by atoms with Gasteiger partial charge in [0.25, 0.3) is 11.8 Å². The molecule has 2 atom stereocenters. The number of amides is 2. The lowest BCUT2D eigenvalue weighted by Gasteiger charge is -2.37. The maximum absolute atomic E-state index is 13.4. The standard InChI is InChI=1S/C21H21ClN2O2S/c1-13-10-14(2)12-23(11-13)19-18(17-4-3-9-27-17)20(25)24(21(19)26)16-7-5-15(22)6-8-16/h3-9,13-14H,10-12H2,1-2H3. The molecule has 1 saturated heterocycles. The van der Waals surface area contributed by atoms with Crippen molar-refractivity contribution in [3.8, 4) is 0 Å². The first-order valence-corrected chi connectivity index (χ1v) is 10.4. The third-order valence-corrected chi connectivity index (χ3v) is 6.24. The number of nitrogens with zero attached hydrogens (tertiary/aromatic N) is 2. The molecule has 2 aliphatic rings. The SMILES string of the molecule is CC1CC(C)CN(C2=C(c3cccs3)C(=O)N(c3ccc(Cl)cc3)C2=O)C1. The van der Waals surface area contributed by atoms with Crippen molar-refractivity contribution in [2.45, 2.75) is 20.3 Å². The third-order valence-electron chi connectivity index (χ3n) is 5.10. The van der Waals surface area contributed by atoms with Gasteiger partial charge in [0.05, 0.1) is 11.3 Å². The van der Waals surface area contributed by atoms with Crippen LogP contribution in [0.4, 0.5) is 5.69 Å². The molecule has 1 aromatic carbocycles. The first-order chi connectivity index (χ1) is 13.0. The van der Waals surface area contributed by atoms with Crippen LogP contribution in [0.3, 0.4) is 0 Å². The van der Waals surface area contributed by atoms with Crippen LogP contribution in [0, 0.1) is 11.8 Å². The van der Waals surface area contributed by atoms with Gasteiger partial charge in [0.15, 0.2) is 0 Å². The molecule has 0 aliphatic carbocycles. The second-order valence-electron chi connectivity index (χ2n) is 7.47. The lowest BCUT2D eigenvalue weighted by Crippen LogP contribution is -2.41. The average molecular weight is 401 g/mol. The molecule has 0 spiro atoms. The molecule has 2 aromatic rings. The topological polar surface area (TPSA) is 40.6 Å². The van der Waals surface area contributed by atoms with Crippen LogP contribution in [0.15, 0.2) is 47.5 Å². The summed E-state index contributed by atoms with van der Waals surface area (Å²) in [5, 5.41) is 2.51. The molecular formula is C21H21ClN2O2S. The number of anilines is 1. The summed E-state index contributed by atoms with van der Waals surface area (Å²) in [5.41, 5.74) is 1.61. The Labute approximate surface area is 168 Å². The quantitative estimate of drug-likeness (QED) is 0.703. The highest BCUT2D eigenvalue weighted by molar-refractivity contribution is 7.11. The Morgan fingerprint density at radius 3 is 2.26 bits per heavy atom. The molecule has 2 aliphatic heterocycles. The van der Waals surface area contributed by atoms with Gasteiger partial charge in [-0.25, -0.2) is 4.90 Å². The average Bonchev–Trinajstić information content (AvgIpc) is 3.21. The molecule has 4 nitrogen and oxygen atoms in total. The lowest BCUT2D eigenvalue weighted by molar-refractivity contribution is -0.120. The molecule has 1 aromatic heterocycles. The highest BCUT2D eigenvalue weighted by Crippen LogP contribution is 2.38. The summed E-state index contributed by atoms with van der Waals surface area (Å²) in [6.45, 7) is 5.99. The summed E-state index contributed by atoms with van der Waals surface area (Å²) in [6.07, 6.45) is 1.14. The second-order valence-corrected chi connectivity index (χ2v) is 8.86. The summed E-state index contributed by atoms with van der Waals surface area (Å²) in [5.74, 6) is 0.467. The smallest absolute Gasteiger partial charge is 0.282 e. The van der Waals surface area contributed by atoms with Crippen LogP contribution in [-0.2, 0) is 9.59 Å². The molecule has 0 bridgehead atoms. The van der Waals surface area contributed by atoms with Crippen LogP contribution < -0.4 is 4.90 Å². The molecule has 0 saturated carbocycles. The van der Waals surface area contributed by atoms with E-state index in [1.54, 1.807) is 24.3 Å². The Morgan fingerprint density at radius 1 is 1.00 bits per heavy atom. The molecule has 0 radical (unpaired) electrons. The zero-order valence-corrected chi connectivity index (χ0v) is 16.9. The van der Waals surface area contributed by atoms with Crippen molar-refractivity contribution in [3.63, 3.8) is 0 Å². The van der Waals surface area contributed by atoms with E-state index in [0.717, 1.165) is 24.4 Å². The van der Waals surface area contributed by atoms with Gasteiger partial charge in [0.1, 0.15) is 5.70 Å². The molecule has 4 rings (SSSR count). The van der Waals surface area contributed by atoms with Crippen molar-refractivity contribution in [2.75, 3.05) is 18.0 Å². The van der Waals surface area contributed by atoms with Gasteiger partial charge in [-0.15, -0.1) is 11.3 Å². The van der Waals surface area contributed by atoms with E-state index in [-0.39, 0.29) is 11.8 Å². The first-order valence-electron chi connectivity index (χ1n) is 9.13. The fraction of sp³-hybridized carbons (Fsp3) is 0.333. The van der Waals surface area contributed by atoms with Crippen LogP contribution in [0.5, 0.6) is 0 Å². The number of hydrogen-bond acceptors (Lipinski definition) is 4. The Bertz CT molecular complexity index is 895. The highest BCUT2D eigenvalue weighted by atomic mass is 35.5. The molecule has 1 fully saturated rings. The maximum atomic E-state index is 13.4. The van der Waals surface area contributed by atoms with Crippen LogP contribution in [-0.4, -0.2) is 29.8 Å². The fourth-order valence-corrected chi connectivity index (χ4v) is 5.01. The van der Waals surface area contributed by atoms with Crippen molar-refractivity contribution >= 4 is 46.0 Å². The van der Waals surface area contributed by atoms with Crippen LogP contribution in [0.1, 0.15) is 25.1 Å². The van der Waals surface area contributed by atoms with Gasteiger partial charge in [0, 0.05) is 23.0 Å². The number of thiophene rings is 1. The number of imide groups is 1. The number of halogens is 1.